The van der Waals surface area contributed by atoms with Crippen molar-refractivity contribution in [3.8, 4) is 0 Å². The Kier molecular flexibility index (Phi) is 5.85. The first kappa shape index (κ1) is 19.2. The summed E-state index contributed by atoms with van der Waals surface area (Å²) in [6.07, 6.45) is 4.62. The molecule has 1 aromatic carbocycles. The lowest BCUT2D eigenvalue weighted by atomic mass is 9.97. The third kappa shape index (κ3) is 3.88. The highest BCUT2D eigenvalue weighted by atomic mass is 32.2. The van der Waals surface area contributed by atoms with Gasteiger partial charge in [0.25, 0.3) is 0 Å². The Morgan fingerprint density at radius 2 is 2.00 bits per heavy atom. The maximum Gasteiger partial charge on any atom is 0.309 e. The molecule has 1 fully saturated rings. The van der Waals surface area contributed by atoms with E-state index in [1.807, 2.05) is 24.0 Å². The summed E-state index contributed by atoms with van der Waals surface area (Å²) in [4.78, 5) is 32.6. The maximum atomic E-state index is 12.8. The average molecular weight is 399 g/mol. The maximum absolute atomic E-state index is 12.8. The van der Waals surface area contributed by atoms with Gasteiger partial charge in [0.2, 0.25) is 5.91 Å². The number of thioether (sulfide) groups is 1. The number of para-hydroxylation sites is 1. The number of amides is 1. The van der Waals surface area contributed by atoms with E-state index in [1.54, 1.807) is 11.8 Å². The highest BCUT2D eigenvalue weighted by molar-refractivity contribution is 8.00. The molecule has 28 heavy (non-hydrogen) atoms. The molecule has 2 heterocycles. The molecule has 2 aliphatic rings. The smallest absolute Gasteiger partial charge is 0.309 e. The van der Waals surface area contributed by atoms with Gasteiger partial charge in [-0.3, -0.25) is 14.6 Å². The lowest BCUT2D eigenvalue weighted by Gasteiger charge is -2.31. The van der Waals surface area contributed by atoms with Gasteiger partial charge in [-0.2, -0.15) is 0 Å². The van der Waals surface area contributed by atoms with E-state index in [-0.39, 0.29) is 17.8 Å². The Hall–Kier alpha value is -2.08. The second-order valence-corrected chi connectivity index (χ2v) is 8.42. The zero-order valence-corrected chi connectivity index (χ0v) is 17.1. The molecule has 5 nitrogen and oxygen atoms in total. The van der Waals surface area contributed by atoms with Crippen LogP contribution in [0.2, 0.25) is 0 Å². The lowest BCUT2D eigenvalue weighted by Crippen LogP contribution is -2.41. The van der Waals surface area contributed by atoms with E-state index in [2.05, 4.69) is 12.1 Å². The van der Waals surface area contributed by atoms with Gasteiger partial charge in [-0.1, -0.05) is 18.2 Å². The summed E-state index contributed by atoms with van der Waals surface area (Å²) in [5, 5.41) is 1.15. The highest BCUT2D eigenvalue weighted by Gasteiger charge is 2.28. The largest absolute Gasteiger partial charge is 0.466 e. The molecule has 148 valence electrons. The second kappa shape index (κ2) is 8.52. The first-order chi connectivity index (χ1) is 13.7. The number of carbonyl (C=O) groups is 2. The minimum atomic E-state index is -0.122. The van der Waals surface area contributed by atoms with Crippen molar-refractivity contribution in [2.75, 3.05) is 25.4 Å². The van der Waals surface area contributed by atoms with Crippen molar-refractivity contribution < 1.29 is 14.3 Å². The van der Waals surface area contributed by atoms with Crippen LogP contribution in [0.3, 0.4) is 0 Å². The summed E-state index contributed by atoms with van der Waals surface area (Å²) < 4.78 is 5.11. The standard InChI is InChI=1S/C22H26N2O3S/c1-2-27-22(26)15-10-12-24(13-11-15)20(25)14-28-21-16-6-3-4-8-18(16)23-19-9-5-7-17(19)21/h3-4,6,8,15H,2,5,7,9-14H2,1H3. The normalized spacial score (nSPS) is 17.0. The fourth-order valence-corrected chi connectivity index (χ4v) is 5.35. The molecule has 1 aliphatic carbocycles. The van der Waals surface area contributed by atoms with E-state index >= 15 is 0 Å². The summed E-state index contributed by atoms with van der Waals surface area (Å²) in [5.41, 5.74) is 3.55. The monoisotopic (exact) mass is 398 g/mol. The second-order valence-electron chi connectivity index (χ2n) is 7.43. The van der Waals surface area contributed by atoms with E-state index in [0.717, 1.165) is 30.2 Å². The average Bonchev–Trinajstić information content (AvgIpc) is 3.19. The number of pyridine rings is 1. The Morgan fingerprint density at radius 3 is 2.79 bits per heavy atom. The molecule has 1 amide bonds. The van der Waals surface area contributed by atoms with Crippen molar-refractivity contribution in [2.24, 2.45) is 5.92 Å². The minimum Gasteiger partial charge on any atom is -0.466 e. The van der Waals surface area contributed by atoms with Gasteiger partial charge in [0.15, 0.2) is 0 Å². The number of esters is 1. The Morgan fingerprint density at radius 1 is 1.21 bits per heavy atom. The molecule has 0 unspecified atom stereocenters. The first-order valence-electron chi connectivity index (χ1n) is 10.1. The minimum absolute atomic E-state index is 0.0657. The van der Waals surface area contributed by atoms with E-state index < -0.39 is 0 Å². The number of ether oxygens (including phenoxy) is 1. The number of likely N-dealkylation sites (tertiary alicyclic amines) is 1. The van der Waals surface area contributed by atoms with E-state index in [9.17, 15) is 9.59 Å². The predicted molar refractivity (Wildman–Crippen MR) is 110 cm³/mol. The summed E-state index contributed by atoms with van der Waals surface area (Å²) >= 11 is 1.65. The Balaban J connectivity index is 1.42. The SMILES string of the molecule is CCOC(=O)C1CCN(C(=O)CSc2c3c(nc4ccccc24)CCC3)CC1. The van der Waals surface area contributed by atoms with Crippen LogP contribution in [0.15, 0.2) is 29.2 Å². The molecule has 4 rings (SSSR count). The molecule has 0 saturated carbocycles. The number of hydrogen-bond donors (Lipinski definition) is 0. The molecule has 0 radical (unpaired) electrons. The molecule has 0 bridgehead atoms. The van der Waals surface area contributed by atoms with Crippen LogP contribution in [0.4, 0.5) is 0 Å². The molecule has 0 atom stereocenters. The summed E-state index contributed by atoms with van der Waals surface area (Å²) in [6.45, 7) is 3.52. The number of carbonyl (C=O) groups excluding carboxylic acids is 2. The molecular formula is C22H26N2O3S. The molecule has 0 N–H and O–H groups in total. The lowest BCUT2D eigenvalue weighted by molar-refractivity contribution is -0.151. The Bertz CT molecular complexity index is 891. The number of fused-ring (bicyclic) bond motifs is 2. The number of aryl methyl sites for hydroxylation is 1. The van der Waals surface area contributed by atoms with E-state index in [1.165, 1.54) is 16.2 Å². The van der Waals surface area contributed by atoms with Gasteiger partial charge >= 0.3 is 5.97 Å². The van der Waals surface area contributed by atoms with Crippen LogP contribution in [-0.4, -0.2) is 47.2 Å². The van der Waals surface area contributed by atoms with E-state index in [4.69, 9.17) is 9.72 Å². The van der Waals surface area contributed by atoms with Gasteiger partial charge in [0, 0.05) is 29.1 Å². The van der Waals surface area contributed by atoms with Crippen LogP contribution in [0.25, 0.3) is 10.9 Å². The van der Waals surface area contributed by atoms with Gasteiger partial charge in [0.05, 0.1) is 23.8 Å². The zero-order chi connectivity index (χ0) is 19.5. The quantitative estimate of drug-likeness (QED) is 0.569. The van der Waals surface area contributed by atoms with Gasteiger partial charge in [-0.25, -0.2) is 0 Å². The summed E-state index contributed by atoms with van der Waals surface area (Å²) in [6, 6.07) is 8.22. The number of rotatable bonds is 5. The van der Waals surface area contributed by atoms with Crippen molar-refractivity contribution in [3.05, 3.63) is 35.5 Å². The topological polar surface area (TPSA) is 59.5 Å². The molecule has 2 aromatic rings. The van der Waals surface area contributed by atoms with Crippen molar-refractivity contribution in [1.29, 1.82) is 0 Å². The van der Waals surface area contributed by atoms with Crippen LogP contribution in [0.5, 0.6) is 0 Å². The van der Waals surface area contributed by atoms with Crippen molar-refractivity contribution in [3.63, 3.8) is 0 Å². The van der Waals surface area contributed by atoms with E-state index in [0.29, 0.717) is 38.3 Å². The summed E-state index contributed by atoms with van der Waals surface area (Å²) in [7, 11) is 0. The predicted octanol–water partition coefficient (Wildman–Crippen LogP) is 3.62. The van der Waals surface area contributed by atoms with Crippen LogP contribution in [0.1, 0.15) is 37.4 Å². The first-order valence-corrected chi connectivity index (χ1v) is 11.1. The Labute approximate surface area is 169 Å². The molecule has 1 aliphatic heterocycles. The fraction of sp³-hybridized carbons (Fsp3) is 0.500. The highest BCUT2D eigenvalue weighted by Crippen LogP contribution is 2.36. The van der Waals surface area contributed by atoms with Crippen molar-refractivity contribution in [1.82, 2.24) is 9.88 Å². The molecule has 1 aromatic heterocycles. The number of piperidine rings is 1. The molecule has 6 heteroatoms. The fourth-order valence-electron chi connectivity index (χ4n) is 4.18. The zero-order valence-electron chi connectivity index (χ0n) is 16.3. The van der Waals surface area contributed by atoms with Crippen molar-refractivity contribution >= 4 is 34.5 Å². The summed E-state index contributed by atoms with van der Waals surface area (Å²) in [5.74, 6) is 0.400. The van der Waals surface area contributed by atoms with Crippen LogP contribution in [-0.2, 0) is 27.2 Å². The van der Waals surface area contributed by atoms with Crippen LogP contribution in [0, 0.1) is 5.92 Å². The molecule has 0 spiro atoms. The van der Waals surface area contributed by atoms with Gasteiger partial charge < -0.3 is 9.64 Å². The van der Waals surface area contributed by atoms with Crippen molar-refractivity contribution in [2.45, 2.75) is 43.9 Å². The molecule has 1 saturated heterocycles. The number of benzene rings is 1. The third-order valence-electron chi connectivity index (χ3n) is 5.67. The van der Waals surface area contributed by atoms with Gasteiger partial charge in [-0.05, 0) is 50.7 Å². The van der Waals surface area contributed by atoms with Gasteiger partial charge in [-0.15, -0.1) is 11.8 Å². The van der Waals surface area contributed by atoms with Gasteiger partial charge in [0.1, 0.15) is 0 Å². The number of nitrogens with zero attached hydrogens (tertiary/aromatic N) is 2. The number of aromatic nitrogens is 1. The molecular weight excluding hydrogens is 372 g/mol. The van der Waals surface area contributed by atoms with Crippen LogP contribution < -0.4 is 0 Å². The third-order valence-corrected chi connectivity index (χ3v) is 6.82. The van der Waals surface area contributed by atoms with Crippen LogP contribution >= 0.6 is 11.8 Å². The number of hydrogen-bond acceptors (Lipinski definition) is 5.